The molecule has 21 heavy (non-hydrogen) atoms. The summed E-state index contributed by atoms with van der Waals surface area (Å²) in [6, 6.07) is 1.39. The minimum atomic E-state index is -4.11. The van der Waals surface area contributed by atoms with E-state index in [4.69, 9.17) is 5.73 Å². The van der Waals surface area contributed by atoms with Crippen molar-refractivity contribution in [2.45, 2.75) is 30.6 Å². The van der Waals surface area contributed by atoms with Crippen molar-refractivity contribution in [3.05, 3.63) is 28.1 Å². The lowest BCUT2D eigenvalue weighted by molar-refractivity contribution is -0.385. The van der Waals surface area contributed by atoms with Crippen molar-refractivity contribution in [1.82, 2.24) is 4.72 Å². The average Bonchev–Trinajstić information content (AvgIpc) is 3.17. The zero-order chi connectivity index (χ0) is 15.6. The van der Waals surface area contributed by atoms with E-state index in [9.17, 15) is 22.9 Å². The summed E-state index contributed by atoms with van der Waals surface area (Å²) in [4.78, 5) is 8.99. The summed E-state index contributed by atoms with van der Waals surface area (Å²) < 4.78 is 40.1. The highest BCUT2D eigenvalue weighted by Gasteiger charge is 2.26. The lowest BCUT2D eigenvalue weighted by Crippen LogP contribution is -2.26. The minimum Gasteiger partial charge on any atom is -0.397 e. The van der Waals surface area contributed by atoms with E-state index in [1.54, 1.807) is 0 Å². The Hall–Kier alpha value is -1.74. The lowest BCUT2D eigenvalue weighted by atomic mass is 10.2. The topological polar surface area (TPSA) is 115 Å². The first kappa shape index (κ1) is 15.6. The van der Waals surface area contributed by atoms with Gasteiger partial charge in [-0.15, -0.1) is 0 Å². The van der Waals surface area contributed by atoms with Crippen LogP contribution in [0.2, 0.25) is 0 Å². The van der Waals surface area contributed by atoms with E-state index in [2.05, 4.69) is 4.72 Å². The van der Waals surface area contributed by atoms with Gasteiger partial charge in [0.1, 0.15) is 4.90 Å². The summed E-state index contributed by atoms with van der Waals surface area (Å²) >= 11 is 0. The van der Waals surface area contributed by atoms with Crippen LogP contribution in [0, 0.1) is 21.8 Å². The molecule has 0 aliphatic heterocycles. The Morgan fingerprint density at radius 1 is 1.43 bits per heavy atom. The highest BCUT2D eigenvalue weighted by Crippen LogP contribution is 2.33. The largest absolute Gasteiger partial charge is 0.397 e. The number of rotatable bonds is 7. The maximum Gasteiger partial charge on any atom is 0.274 e. The number of non-ortho nitro benzene ring substituents is 1. The van der Waals surface area contributed by atoms with Crippen LogP contribution in [0.3, 0.4) is 0 Å². The van der Waals surface area contributed by atoms with E-state index in [-0.39, 0.29) is 6.54 Å². The Morgan fingerprint density at radius 3 is 2.62 bits per heavy atom. The molecule has 0 amide bonds. The monoisotopic (exact) mass is 317 g/mol. The maximum absolute atomic E-state index is 13.8. The van der Waals surface area contributed by atoms with Gasteiger partial charge in [-0.3, -0.25) is 10.1 Å². The van der Waals surface area contributed by atoms with Gasteiger partial charge in [-0.05, 0) is 18.8 Å². The highest BCUT2D eigenvalue weighted by atomic mass is 32.2. The molecule has 0 atom stereocenters. The van der Waals surface area contributed by atoms with E-state index in [0.717, 1.165) is 12.5 Å². The third-order valence-electron chi connectivity index (χ3n) is 3.31. The van der Waals surface area contributed by atoms with Gasteiger partial charge < -0.3 is 5.73 Å². The number of hydrogen-bond acceptors (Lipinski definition) is 5. The Kier molecular flexibility index (Phi) is 4.43. The summed E-state index contributed by atoms with van der Waals surface area (Å²) in [6.45, 7) is 0.189. The van der Waals surface area contributed by atoms with Crippen molar-refractivity contribution in [3.8, 4) is 0 Å². The molecule has 0 unspecified atom stereocenters. The van der Waals surface area contributed by atoms with Crippen molar-refractivity contribution in [2.75, 3.05) is 12.3 Å². The number of nitrogen functional groups attached to an aromatic ring is 1. The summed E-state index contributed by atoms with van der Waals surface area (Å²) in [6.07, 6.45) is 3.95. The molecule has 1 aliphatic carbocycles. The predicted octanol–water partition coefficient (Wildman–Crippen LogP) is 1.78. The fourth-order valence-electron chi connectivity index (χ4n) is 2.06. The van der Waals surface area contributed by atoms with Gasteiger partial charge in [0.05, 0.1) is 16.7 Å². The first-order valence-electron chi connectivity index (χ1n) is 6.54. The first-order chi connectivity index (χ1) is 9.81. The Morgan fingerprint density at radius 2 is 2.10 bits per heavy atom. The van der Waals surface area contributed by atoms with Gasteiger partial charge in [0.25, 0.3) is 5.69 Å². The van der Waals surface area contributed by atoms with Gasteiger partial charge in [-0.2, -0.15) is 0 Å². The molecule has 116 valence electrons. The van der Waals surface area contributed by atoms with Gasteiger partial charge in [0, 0.05) is 12.6 Å². The molecule has 0 spiro atoms. The Labute approximate surface area is 121 Å². The summed E-state index contributed by atoms with van der Waals surface area (Å²) in [5, 5.41) is 10.6. The van der Waals surface area contributed by atoms with Crippen LogP contribution in [0.15, 0.2) is 17.0 Å². The van der Waals surface area contributed by atoms with Gasteiger partial charge in [0.15, 0.2) is 5.82 Å². The van der Waals surface area contributed by atoms with Crippen molar-refractivity contribution in [1.29, 1.82) is 0 Å². The summed E-state index contributed by atoms with van der Waals surface area (Å²) in [5.74, 6) is -0.549. The molecule has 1 aliphatic rings. The van der Waals surface area contributed by atoms with Gasteiger partial charge in [0.2, 0.25) is 10.0 Å². The molecular formula is C12H16FN3O4S. The van der Waals surface area contributed by atoms with Gasteiger partial charge in [-0.25, -0.2) is 17.5 Å². The molecule has 0 radical (unpaired) electrons. The van der Waals surface area contributed by atoms with Crippen LogP contribution in [0.4, 0.5) is 15.8 Å². The molecular weight excluding hydrogens is 301 g/mol. The van der Waals surface area contributed by atoms with Crippen molar-refractivity contribution < 1.29 is 17.7 Å². The number of nitrogens with zero attached hydrogens (tertiary/aromatic N) is 1. The molecule has 1 aromatic rings. The van der Waals surface area contributed by atoms with E-state index >= 15 is 0 Å². The fraction of sp³-hybridized carbons (Fsp3) is 0.500. The number of benzene rings is 1. The number of nitrogens with one attached hydrogen (secondary N) is 1. The first-order valence-corrected chi connectivity index (χ1v) is 8.02. The van der Waals surface area contributed by atoms with Crippen LogP contribution >= 0.6 is 0 Å². The lowest BCUT2D eigenvalue weighted by Gasteiger charge is -2.10. The molecule has 2 rings (SSSR count). The molecule has 3 N–H and O–H groups in total. The van der Waals surface area contributed by atoms with Gasteiger partial charge in [-0.1, -0.05) is 12.8 Å². The third-order valence-corrected chi connectivity index (χ3v) is 4.87. The molecule has 0 aromatic heterocycles. The van der Waals surface area contributed by atoms with E-state index in [0.29, 0.717) is 18.4 Å². The van der Waals surface area contributed by atoms with E-state index in [1.807, 2.05) is 0 Å². The van der Waals surface area contributed by atoms with Crippen LogP contribution < -0.4 is 10.5 Å². The van der Waals surface area contributed by atoms with Crippen LogP contribution in [-0.4, -0.2) is 19.9 Å². The van der Waals surface area contributed by atoms with E-state index < -0.39 is 37.0 Å². The van der Waals surface area contributed by atoms with Crippen LogP contribution in [0.1, 0.15) is 25.7 Å². The Bertz CT molecular complexity index is 635. The molecule has 0 heterocycles. The normalized spacial score (nSPS) is 15.1. The Balaban J connectivity index is 2.12. The zero-order valence-electron chi connectivity index (χ0n) is 11.2. The number of hydrogen-bond donors (Lipinski definition) is 2. The molecule has 1 fully saturated rings. The van der Waals surface area contributed by atoms with Crippen molar-refractivity contribution in [3.63, 3.8) is 0 Å². The van der Waals surface area contributed by atoms with Crippen molar-refractivity contribution >= 4 is 21.4 Å². The molecule has 0 bridgehead atoms. The van der Waals surface area contributed by atoms with E-state index in [1.165, 1.54) is 12.8 Å². The SMILES string of the molecule is Nc1cc([N+](=O)[O-])cc(F)c1S(=O)(=O)NCCCC1CC1. The molecule has 7 nitrogen and oxygen atoms in total. The third kappa shape index (κ3) is 3.88. The average molecular weight is 317 g/mol. The number of nitro groups is 1. The zero-order valence-corrected chi connectivity index (χ0v) is 12.0. The summed E-state index contributed by atoms with van der Waals surface area (Å²) in [7, 11) is -4.11. The summed E-state index contributed by atoms with van der Waals surface area (Å²) in [5.41, 5.74) is 4.38. The second kappa shape index (κ2) is 5.94. The van der Waals surface area contributed by atoms with Gasteiger partial charge >= 0.3 is 0 Å². The maximum atomic E-state index is 13.8. The highest BCUT2D eigenvalue weighted by molar-refractivity contribution is 7.89. The van der Waals surface area contributed by atoms with Crippen LogP contribution in [0.25, 0.3) is 0 Å². The molecule has 0 saturated heterocycles. The second-order valence-corrected chi connectivity index (χ2v) is 6.79. The minimum absolute atomic E-state index is 0.189. The number of halogens is 1. The smallest absolute Gasteiger partial charge is 0.274 e. The molecule has 1 aromatic carbocycles. The van der Waals surface area contributed by atoms with Crippen LogP contribution in [0.5, 0.6) is 0 Å². The quantitative estimate of drug-likeness (QED) is 0.344. The molecule has 1 saturated carbocycles. The van der Waals surface area contributed by atoms with Crippen LogP contribution in [-0.2, 0) is 10.0 Å². The number of sulfonamides is 1. The fourth-order valence-corrected chi connectivity index (χ4v) is 3.31. The number of nitrogens with two attached hydrogens (primary N) is 1. The predicted molar refractivity (Wildman–Crippen MR) is 74.6 cm³/mol. The molecule has 9 heteroatoms. The number of nitro benzene ring substituents is 1. The second-order valence-electron chi connectivity index (χ2n) is 5.09. The standard InChI is InChI=1S/C12H16FN3O4S/c13-10-6-9(16(17)18)7-11(14)12(10)21(19,20)15-5-1-2-8-3-4-8/h6-8,15H,1-5,14H2. The number of anilines is 1. The van der Waals surface area contributed by atoms with Crippen molar-refractivity contribution in [2.24, 2.45) is 5.92 Å².